The zero-order valence-electron chi connectivity index (χ0n) is 9.62. The molecule has 0 spiro atoms. The summed E-state index contributed by atoms with van der Waals surface area (Å²) in [5.74, 6) is -0.162. The minimum atomic E-state index is -3.11. The fraction of sp³-hybridized carbons (Fsp3) is 0.600. The predicted octanol–water partition coefficient (Wildman–Crippen LogP) is 0.343. The molecular weight excluding hydrogens is 260 g/mol. The molecule has 1 aromatic rings. The minimum absolute atomic E-state index is 0.00478. The van der Waals surface area contributed by atoms with Gasteiger partial charge in [0.05, 0.1) is 22.9 Å². The van der Waals surface area contributed by atoms with Crippen molar-refractivity contribution < 1.29 is 13.5 Å². The van der Waals surface area contributed by atoms with Gasteiger partial charge in [0.15, 0.2) is 15.0 Å². The lowest BCUT2D eigenvalue weighted by molar-refractivity contribution is 0.207. The molecule has 2 atom stereocenters. The Balaban J connectivity index is 2.16. The Labute approximate surface area is 105 Å². The molecule has 0 unspecified atom stereocenters. The maximum absolute atomic E-state index is 11.4. The quantitative estimate of drug-likeness (QED) is 0.784. The van der Waals surface area contributed by atoms with Gasteiger partial charge >= 0.3 is 0 Å². The van der Waals surface area contributed by atoms with Gasteiger partial charge in [-0.1, -0.05) is 11.8 Å². The van der Waals surface area contributed by atoms with Crippen molar-refractivity contribution in [1.29, 1.82) is 0 Å². The van der Waals surface area contributed by atoms with E-state index in [1.54, 1.807) is 0 Å². The van der Waals surface area contributed by atoms with Crippen LogP contribution in [-0.4, -0.2) is 46.4 Å². The molecule has 1 saturated heterocycles. The van der Waals surface area contributed by atoms with Gasteiger partial charge in [-0.15, -0.1) is 0 Å². The molecular formula is C10H14N2O3S2. The molecule has 0 bridgehead atoms. The molecule has 1 aliphatic heterocycles. The topological polar surface area (TPSA) is 80.2 Å². The second-order valence-corrected chi connectivity index (χ2v) is 7.59. The SMILES string of the molecule is Cc1cc(C)nc(S[C@@H]2CS(=O)(=O)C[C@H]2O)n1. The van der Waals surface area contributed by atoms with Crippen LogP contribution in [0.2, 0.25) is 0 Å². The summed E-state index contributed by atoms with van der Waals surface area (Å²) in [6.45, 7) is 3.72. The Morgan fingerprint density at radius 2 is 1.88 bits per heavy atom. The average Bonchev–Trinajstić information content (AvgIpc) is 2.37. The van der Waals surface area contributed by atoms with Gasteiger partial charge in [-0.3, -0.25) is 0 Å². The van der Waals surface area contributed by atoms with Crippen molar-refractivity contribution >= 4 is 21.6 Å². The zero-order chi connectivity index (χ0) is 12.6. The van der Waals surface area contributed by atoms with Gasteiger partial charge < -0.3 is 5.11 Å². The third kappa shape index (κ3) is 3.17. The molecule has 7 heteroatoms. The third-order valence-electron chi connectivity index (χ3n) is 2.49. The third-order valence-corrected chi connectivity index (χ3v) is 5.59. The molecule has 2 heterocycles. The monoisotopic (exact) mass is 274 g/mol. The number of aliphatic hydroxyl groups excluding tert-OH is 1. The smallest absolute Gasteiger partial charge is 0.188 e. The second kappa shape index (κ2) is 4.55. The largest absolute Gasteiger partial charge is 0.391 e. The van der Waals surface area contributed by atoms with Crippen LogP contribution in [0.4, 0.5) is 0 Å². The highest BCUT2D eigenvalue weighted by Gasteiger charge is 2.37. The normalized spacial score (nSPS) is 27.2. The van der Waals surface area contributed by atoms with Gasteiger partial charge in [-0.05, 0) is 19.9 Å². The van der Waals surface area contributed by atoms with Crippen LogP contribution in [0.15, 0.2) is 11.2 Å². The lowest BCUT2D eigenvalue weighted by atomic mass is 10.3. The highest BCUT2D eigenvalue weighted by atomic mass is 32.2. The van der Waals surface area contributed by atoms with E-state index < -0.39 is 15.9 Å². The van der Waals surface area contributed by atoms with Crippen molar-refractivity contribution in [2.45, 2.75) is 30.4 Å². The zero-order valence-corrected chi connectivity index (χ0v) is 11.3. The number of hydrogen-bond acceptors (Lipinski definition) is 6. The molecule has 0 radical (unpaired) electrons. The first-order chi connectivity index (χ1) is 7.85. The minimum Gasteiger partial charge on any atom is -0.391 e. The van der Waals surface area contributed by atoms with E-state index in [0.29, 0.717) is 5.16 Å². The molecule has 1 fully saturated rings. The van der Waals surface area contributed by atoms with E-state index in [-0.39, 0.29) is 16.8 Å². The molecule has 1 aromatic heterocycles. The average molecular weight is 274 g/mol. The molecule has 2 rings (SSSR count). The molecule has 94 valence electrons. The first kappa shape index (κ1) is 12.8. The number of rotatable bonds is 2. The summed E-state index contributed by atoms with van der Waals surface area (Å²) in [7, 11) is -3.11. The summed E-state index contributed by atoms with van der Waals surface area (Å²) in [5.41, 5.74) is 1.69. The molecule has 0 amide bonds. The number of aromatic nitrogens is 2. The van der Waals surface area contributed by atoms with Crippen LogP contribution in [0, 0.1) is 13.8 Å². The lowest BCUT2D eigenvalue weighted by Crippen LogP contribution is -2.20. The van der Waals surface area contributed by atoms with Crippen LogP contribution in [0.3, 0.4) is 0 Å². The maximum atomic E-state index is 11.4. The van der Waals surface area contributed by atoms with E-state index in [2.05, 4.69) is 9.97 Å². The van der Waals surface area contributed by atoms with Crippen molar-refractivity contribution in [3.8, 4) is 0 Å². The van der Waals surface area contributed by atoms with Gasteiger partial charge in [-0.25, -0.2) is 18.4 Å². The molecule has 1 N–H and O–H groups in total. The van der Waals surface area contributed by atoms with Crippen molar-refractivity contribution in [3.05, 3.63) is 17.5 Å². The van der Waals surface area contributed by atoms with E-state index in [4.69, 9.17) is 0 Å². The fourth-order valence-corrected chi connectivity index (χ4v) is 5.34. The molecule has 0 aliphatic carbocycles. The number of aryl methyl sites for hydroxylation is 2. The Morgan fingerprint density at radius 3 is 2.35 bits per heavy atom. The maximum Gasteiger partial charge on any atom is 0.188 e. The van der Waals surface area contributed by atoms with Crippen LogP contribution in [0.5, 0.6) is 0 Å². The second-order valence-electron chi connectivity index (χ2n) is 4.23. The molecule has 17 heavy (non-hydrogen) atoms. The molecule has 0 saturated carbocycles. The number of nitrogens with zero attached hydrogens (tertiary/aromatic N) is 2. The molecule has 0 aromatic carbocycles. The Morgan fingerprint density at radius 1 is 1.29 bits per heavy atom. The molecule has 5 nitrogen and oxygen atoms in total. The van der Waals surface area contributed by atoms with Crippen LogP contribution < -0.4 is 0 Å². The summed E-state index contributed by atoms with van der Waals surface area (Å²) in [5, 5.41) is 9.84. The van der Waals surface area contributed by atoms with Gasteiger partial charge in [0.2, 0.25) is 0 Å². The Hall–Kier alpha value is -0.660. The predicted molar refractivity (Wildman–Crippen MR) is 65.8 cm³/mol. The summed E-state index contributed by atoms with van der Waals surface area (Å²) < 4.78 is 22.7. The molecule has 1 aliphatic rings. The van der Waals surface area contributed by atoms with Gasteiger partial charge in [0.1, 0.15) is 0 Å². The Bertz CT molecular complexity index is 510. The van der Waals surface area contributed by atoms with E-state index in [1.165, 1.54) is 11.8 Å². The van der Waals surface area contributed by atoms with Crippen LogP contribution in [-0.2, 0) is 9.84 Å². The standard InChI is InChI=1S/C10H14N2O3S2/c1-6-3-7(2)12-10(11-6)16-9-5-17(14,15)4-8(9)13/h3,8-9,13H,4-5H2,1-2H3/t8-,9-/m1/s1. The summed E-state index contributed by atoms with van der Waals surface area (Å²) in [6.07, 6.45) is -0.825. The first-order valence-corrected chi connectivity index (χ1v) is 7.93. The van der Waals surface area contributed by atoms with Gasteiger partial charge in [0, 0.05) is 11.4 Å². The lowest BCUT2D eigenvalue weighted by Gasteiger charge is -2.11. The van der Waals surface area contributed by atoms with Crippen molar-refractivity contribution in [2.24, 2.45) is 0 Å². The van der Waals surface area contributed by atoms with Crippen LogP contribution >= 0.6 is 11.8 Å². The van der Waals surface area contributed by atoms with Crippen molar-refractivity contribution in [2.75, 3.05) is 11.5 Å². The highest BCUT2D eigenvalue weighted by Crippen LogP contribution is 2.29. The van der Waals surface area contributed by atoms with Crippen molar-refractivity contribution in [1.82, 2.24) is 9.97 Å². The van der Waals surface area contributed by atoms with E-state index in [9.17, 15) is 13.5 Å². The number of thioether (sulfide) groups is 1. The highest BCUT2D eigenvalue weighted by molar-refractivity contribution is 8.01. The number of hydrogen-bond donors (Lipinski definition) is 1. The first-order valence-electron chi connectivity index (χ1n) is 5.23. The fourth-order valence-electron chi connectivity index (χ4n) is 1.79. The van der Waals surface area contributed by atoms with E-state index >= 15 is 0 Å². The van der Waals surface area contributed by atoms with E-state index in [1.807, 2.05) is 19.9 Å². The van der Waals surface area contributed by atoms with Crippen LogP contribution in [0.1, 0.15) is 11.4 Å². The van der Waals surface area contributed by atoms with Crippen molar-refractivity contribution in [3.63, 3.8) is 0 Å². The number of sulfone groups is 1. The van der Waals surface area contributed by atoms with E-state index in [0.717, 1.165) is 11.4 Å². The van der Waals surface area contributed by atoms with Crippen LogP contribution in [0.25, 0.3) is 0 Å². The summed E-state index contributed by atoms with van der Waals surface area (Å²) in [6, 6.07) is 1.85. The van der Waals surface area contributed by atoms with Gasteiger partial charge in [0.25, 0.3) is 0 Å². The number of aliphatic hydroxyl groups is 1. The summed E-state index contributed by atoms with van der Waals surface area (Å²) >= 11 is 1.24. The van der Waals surface area contributed by atoms with Gasteiger partial charge in [-0.2, -0.15) is 0 Å². The summed E-state index contributed by atoms with van der Waals surface area (Å²) in [4.78, 5) is 8.45. The Kier molecular flexibility index (Phi) is 3.42.